The quantitative estimate of drug-likeness (QED) is 0.220. The second-order valence-electron chi connectivity index (χ2n) is 8.37. The van der Waals surface area contributed by atoms with E-state index in [-0.39, 0.29) is 21.5 Å². The summed E-state index contributed by atoms with van der Waals surface area (Å²) < 4.78 is 3.66. The van der Waals surface area contributed by atoms with Crippen molar-refractivity contribution < 1.29 is 0 Å². The molecule has 0 radical (unpaired) electrons. The van der Waals surface area contributed by atoms with E-state index in [1.54, 1.807) is 36.9 Å². The van der Waals surface area contributed by atoms with Gasteiger partial charge in [0.1, 0.15) is 11.0 Å². The van der Waals surface area contributed by atoms with Crippen molar-refractivity contribution in [3.8, 4) is 12.1 Å². The molecule has 0 atom stereocenters. The lowest BCUT2D eigenvalue weighted by atomic mass is 10.1. The Morgan fingerprint density at radius 1 is 0.650 bits per heavy atom. The third-order valence-electron chi connectivity index (χ3n) is 5.73. The van der Waals surface area contributed by atoms with Gasteiger partial charge in [0.15, 0.2) is 22.3 Å². The normalized spacial score (nSPS) is 10.6. The lowest BCUT2D eigenvalue weighted by Gasteiger charge is -2.04. The number of rotatable bonds is 4. The Labute approximate surface area is 242 Å². The van der Waals surface area contributed by atoms with Gasteiger partial charge < -0.3 is 14.9 Å². The van der Waals surface area contributed by atoms with Crippen LogP contribution in [0.5, 0.6) is 0 Å². The molecule has 0 saturated carbocycles. The number of anilines is 1. The molecule has 0 saturated heterocycles. The fraction of sp³-hybridized carbons (Fsp3) is 0.0769. The van der Waals surface area contributed by atoms with E-state index in [0.29, 0.717) is 46.5 Å². The Hall–Kier alpha value is -4.81. The second kappa shape index (κ2) is 11.5. The van der Waals surface area contributed by atoms with E-state index in [4.69, 9.17) is 51.1 Å². The van der Waals surface area contributed by atoms with Crippen molar-refractivity contribution in [1.29, 1.82) is 10.5 Å². The van der Waals surface area contributed by atoms with Crippen molar-refractivity contribution in [2.75, 3.05) is 5.73 Å². The third-order valence-corrected chi connectivity index (χ3v) is 6.33. The average molecular weight is 589 g/mol. The lowest BCUT2D eigenvalue weighted by Crippen LogP contribution is -2.01. The fourth-order valence-corrected chi connectivity index (χ4v) is 4.41. The molecule has 0 aliphatic carbocycles. The molecule has 6 aromatic rings. The van der Waals surface area contributed by atoms with Crippen molar-refractivity contribution >= 4 is 62.9 Å². The van der Waals surface area contributed by atoms with Gasteiger partial charge in [0.2, 0.25) is 10.6 Å². The first-order chi connectivity index (χ1) is 19.3. The van der Waals surface area contributed by atoms with E-state index in [2.05, 4.69) is 42.0 Å². The van der Waals surface area contributed by atoms with Crippen molar-refractivity contribution in [2.24, 2.45) is 0 Å². The van der Waals surface area contributed by atoms with Crippen LogP contribution in [-0.4, -0.2) is 39.0 Å². The Morgan fingerprint density at radius 2 is 1.10 bits per heavy atom. The Balaban J connectivity index is 0.000000161. The first-order valence-corrected chi connectivity index (χ1v) is 12.6. The van der Waals surface area contributed by atoms with Crippen LogP contribution in [0.25, 0.3) is 22.3 Å². The summed E-state index contributed by atoms with van der Waals surface area (Å²) in [5, 5.41) is 18.0. The van der Waals surface area contributed by atoms with Crippen LogP contribution >= 0.6 is 34.8 Å². The number of hydrogen-bond acceptors (Lipinski definition) is 9. The number of nitrogens with two attached hydrogens (primary N) is 1. The van der Waals surface area contributed by atoms with E-state index < -0.39 is 0 Å². The first-order valence-electron chi connectivity index (χ1n) is 11.5. The van der Waals surface area contributed by atoms with Gasteiger partial charge in [0.05, 0.1) is 49.0 Å². The monoisotopic (exact) mass is 587 g/mol. The maximum absolute atomic E-state index is 8.78. The number of aromatic nitrogens is 8. The summed E-state index contributed by atoms with van der Waals surface area (Å²) in [6.45, 7) is 1.13. The molecule has 40 heavy (non-hydrogen) atoms. The predicted molar refractivity (Wildman–Crippen MR) is 151 cm³/mol. The first kappa shape index (κ1) is 26.8. The highest BCUT2D eigenvalue weighted by atomic mass is 35.5. The van der Waals surface area contributed by atoms with Crippen LogP contribution in [0.4, 0.5) is 5.82 Å². The minimum atomic E-state index is 0.0871. The molecule has 6 rings (SSSR count). The van der Waals surface area contributed by atoms with Crippen LogP contribution in [0.15, 0.2) is 61.2 Å². The highest BCUT2D eigenvalue weighted by Gasteiger charge is 2.12. The smallest absolute Gasteiger partial charge is 0.226 e. The standard InChI is InChI=1S/C13H7Cl2N5.C13H9ClN6/c14-11-10-12(19-13(15)18-11)20(7-17-10)6-9-3-1-8(5-16)2-4-9;14-13-18-11(16)10-12(19-13)20(7-17-10)6-9-3-1-8(5-15)2-4-9/h1-4,7H,6H2;1-4,7H,6H2,(H2,16,18,19). The molecule has 0 unspecified atom stereocenters. The summed E-state index contributed by atoms with van der Waals surface area (Å²) >= 11 is 17.6. The van der Waals surface area contributed by atoms with Crippen LogP contribution in [0.1, 0.15) is 22.3 Å². The van der Waals surface area contributed by atoms with Gasteiger partial charge in [0.25, 0.3) is 0 Å². The number of halogens is 3. The molecule has 4 heterocycles. The number of nitrogens with zero attached hydrogens (tertiary/aromatic N) is 10. The summed E-state index contributed by atoms with van der Waals surface area (Å²) in [5.41, 5.74) is 11.3. The van der Waals surface area contributed by atoms with Gasteiger partial charge in [-0.2, -0.15) is 25.5 Å². The fourth-order valence-electron chi connectivity index (χ4n) is 3.82. The summed E-state index contributed by atoms with van der Waals surface area (Å²) in [4.78, 5) is 24.4. The molecule has 2 N–H and O–H groups in total. The largest absolute Gasteiger partial charge is 0.382 e. The Kier molecular flexibility index (Phi) is 7.71. The zero-order valence-corrected chi connectivity index (χ0v) is 22.6. The zero-order chi connectivity index (χ0) is 28.2. The van der Waals surface area contributed by atoms with Crippen LogP contribution in [-0.2, 0) is 13.1 Å². The van der Waals surface area contributed by atoms with E-state index in [1.165, 1.54) is 0 Å². The highest BCUT2D eigenvalue weighted by Crippen LogP contribution is 2.22. The number of nitriles is 2. The van der Waals surface area contributed by atoms with Gasteiger partial charge in [-0.1, -0.05) is 35.9 Å². The second-order valence-corrected chi connectivity index (χ2v) is 9.40. The topological polar surface area (TPSA) is 161 Å². The number of nitrogen functional groups attached to an aromatic ring is 1. The Bertz CT molecular complexity index is 1770. The maximum Gasteiger partial charge on any atom is 0.226 e. The Morgan fingerprint density at radius 3 is 1.60 bits per heavy atom. The summed E-state index contributed by atoms with van der Waals surface area (Å²) in [7, 11) is 0. The van der Waals surface area contributed by atoms with Crippen LogP contribution < -0.4 is 5.73 Å². The molecule has 11 nitrogen and oxygen atoms in total. The van der Waals surface area contributed by atoms with Crippen LogP contribution in [0, 0.1) is 22.7 Å². The maximum atomic E-state index is 8.78. The van der Waals surface area contributed by atoms with Gasteiger partial charge in [0, 0.05) is 0 Å². The van der Waals surface area contributed by atoms with Gasteiger partial charge in [-0.05, 0) is 58.6 Å². The number of fused-ring (bicyclic) bond motifs is 2. The molecule has 2 aromatic carbocycles. The number of benzene rings is 2. The summed E-state index contributed by atoms with van der Waals surface area (Å²) in [5.74, 6) is 0.263. The van der Waals surface area contributed by atoms with Gasteiger partial charge in [-0.3, -0.25) is 0 Å². The van der Waals surface area contributed by atoms with E-state index >= 15 is 0 Å². The minimum Gasteiger partial charge on any atom is -0.382 e. The van der Waals surface area contributed by atoms with Crippen LogP contribution in [0.2, 0.25) is 15.7 Å². The molecule has 0 aliphatic rings. The average Bonchev–Trinajstić information content (AvgIpc) is 3.54. The lowest BCUT2D eigenvalue weighted by molar-refractivity contribution is 0.813. The minimum absolute atomic E-state index is 0.0871. The van der Waals surface area contributed by atoms with Crippen molar-refractivity contribution in [3.05, 3.63) is 99.2 Å². The van der Waals surface area contributed by atoms with Crippen molar-refractivity contribution in [2.45, 2.75) is 13.1 Å². The summed E-state index contributed by atoms with van der Waals surface area (Å²) in [6.07, 6.45) is 3.28. The molecular formula is C26H16Cl3N11. The van der Waals surface area contributed by atoms with E-state index in [1.807, 2.05) is 33.4 Å². The molecule has 0 fully saturated rings. The third kappa shape index (κ3) is 5.77. The predicted octanol–water partition coefficient (Wildman–Crippen LogP) is 5.03. The summed E-state index contributed by atoms with van der Waals surface area (Å²) in [6, 6.07) is 18.8. The SMILES string of the molecule is N#Cc1ccc(Cn2cnc3c(Cl)nc(Cl)nc32)cc1.N#Cc1ccc(Cn2cnc3c(N)nc(Cl)nc32)cc1. The van der Waals surface area contributed by atoms with Gasteiger partial charge >= 0.3 is 0 Å². The van der Waals surface area contributed by atoms with E-state index in [0.717, 1.165) is 11.1 Å². The zero-order valence-electron chi connectivity index (χ0n) is 20.4. The van der Waals surface area contributed by atoms with Gasteiger partial charge in [-0.15, -0.1) is 0 Å². The molecule has 0 bridgehead atoms. The van der Waals surface area contributed by atoms with Gasteiger partial charge in [-0.25, -0.2) is 15.0 Å². The molecule has 0 aliphatic heterocycles. The van der Waals surface area contributed by atoms with Crippen LogP contribution in [0.3, 0.4) is 0 Å². The van der Waals surface area contributed by atoms with Crippen molar-refractivity contribution in [1.82, 2.24) is 39.0 Å². The molecule has 0 spiro atoms. The molecule has 0 amide bonds. The highest BCUT2D eigenvalue weighted by molar-refractivity contribution is 6.35. The molecule has 4 aromatic heterocycles. The molecule has 14 heteroatoms. The molecule has 196 valence electrons. The van der Waals surface area contributed by atoms with E-state index in [9.17, 15) is 0 Å². The number of imidazole rings is 2. The molecular weight excluding hydrogens is 573 g/mol. The number of hydrogen-bond donors (Lipinski definition) is 1. The van der Waals surface area contributed by atoms with Crippen molar-refractivity contribution in [3.63, 3.8) is 0 Å².